The molecule has 0 radical (unpaired) electrons. The number of nitrogens with zero attached hydrogens (tertiary/aromatic N) is 1. The van der Waals surface area contributed by atoms with Crippen molar-refractivity contribution in [3.8, 4) is 0 Å². The van der Waals surface area contributed by atoms with E-state index in [9.17, 15) is 5.11 Å². The number of hydrogen-bond donors (Lipinski definition) is 2. The Balaban J connectivity index is 1.46. The number of fused-ring (bicyclic) bond motifs is 1. The number of H-pyrrole nitrogens is 1. The first-order valence-corrected chi connectivity index (χ1v) is 7.91. The number of aromatic nitrogens is 1. The Labute approximate surface area is 116 Å². The van der Waals surface area contributed by atoms with Gasteiger partial charge in [0.15, 0.2) is 0 Å². The van der Waals surface area contributed by atoms with Crippen molar-refractivity contribution in [1.82, 2.24) is 9.88 Å². The van der Waals surface area contributed by atoms with E-state index in [4.69, 9.17) is 0 Å². The first-order chi connectivity index (χ1) is 9.33. The summed E-state index contributed by atoms with van der Waals surface area (Å²) in [4.78, 5) is 5.98. The van der Waals surface area contributed by atoms with Crippen molar-refractivity contribution in [2.24, 2.45) is 0 Å². The van der Waals surface area contributed by atoms with E-state index in [-0.39, 0.29) is 6.10 Å². The SMILES string of the molecule is OC1CCN(CCCc2c[nH]c3c2CCCC3)CC1. The van der Waals surface area contributed by atoms with Crippen LogP contribution in [0.2, 0.25) is 0 Å². The fourth-order valence-electron chi connectivity index (χ4n) is 3.54. The topological polar surface area (TPSA) is 39.3 Å². The summed E-state index contributed by atoms with van der Waals surface area (Å²) in [6.45, 7) is 3.34. The number of aliphatic hydroxyl groups excluding tert-OH is 1. The normalized spacial score (nSPS) is 21.5. The molecule has 2 aliphatic rings. The number of nitrogens with one attached hydrogen (secondary N) is 1. The highest BCUT2D eigenvalue weighted by molar-refractivity contribution is 5.32. The predicted molar refractivity (Wildman–Crippen MR) is 77.4 cm³/mol. The third kappa shape index (κ3) is 3.21. The molecule has 106 valence electrons. The van der Waals surface area contributed by atoms with Gasteiger partial charge in [-0.15, -0.1) is 0 Å². The van der Waals surface area contributed by atoms with Gasteiger partial charge in [0.2, 0.25) is 0 Å². The van der Waals surface area contributed by atoms with Crippen molar-refractivity contribution in [3.05, 3.63) is 23.0 Å². The lowest BCUT2D eigenvalue weighted by molar-refractivity contribution is 0.0821. The van der Waals surface area contributed by atoms with Crippen LogP contribution in [0.5, 0.6) is 0 Å². The number of hydrogen-bond acceptors (Lipinski definition) is 2. The molecule has 0 unspecified atom stereocenters. The minimum atomic E-state index is -0.0482. The molecule has 1 aliphatic heterocycles. The molecule has 0 aromatic carbocycles. The predicted octanol–water partition coefficient (Wildman–Crippen LogP) is 2.28. The molecule has 1 saturated heterocycles. The summed E-state index contributed by atoms with van der Waals surface area (Å²) in [5, 5.41) is 9.50. The summed E-state index contributed by atoms with van der Waals surface area (Å²) in [5.74, 6) is 0. The van der Waals surface area contributed by atoms with Gasteiger partial charge in [-0.25, -0.2) is 0 Å². The Morgan fingerprint density at radius 3 is 2.84 bits per heavy atom. The summed E-state index contributed by atoms with van der Waals surface area (Å²) >= 11 is 0. The molecular formula is C16H26N2O. The second-order valence-electron chi connectivity index (χ2n) is 6.15. The van der Waals surface area contributed by atoms with Gasteiger partial charge in [-0.3, -0.25) is 0 Å². The van der Waals surface area contributed by atoms with Crippen LogP contribution in [0.1, 0.15) is 48.9 Å². The van der Waals surface area contributed by atoms with Gasteiger partial charge in [-0.2, -0.15) is 0 Å². The molecule has 2 heterocycles. The van der Waals surface area contributed by atoms with Gasteiger partial charge in [0.1, 0.15) is 0 Å². The molecule has 1 aromatic rings. The summed E-state index contributed by atoms with van der Waals surface area (Å²) in [6, 6.07) is 0. The van der Waals surface area contributed by atoms with Crippen LogP contribution in [0.3, 0.4) is 0 Å². The monoisotopic (exact) mass is 262 g/mol. The van der Waals surface area contributed by atoms with E-state index >= 15 is 0 Å². The first kappa shape index (κ1) is 13.2. The Morgan fingerprint density at radius 1 is 1.21 bits per heavy atom. The Bertz CT molecular complexity index is 405. The maximum absolute atomic E-state index is 9.50. The number of aryl methyl sites for hydroxylation is 2. The van der Waals surface area contributed by atoms with Crippen molar-refractivity contribution in [2.75, 3.05) is 19.6 Å². The summed E-state index contributed by atoms with van der Waals surface area (Å²) in [5.41, 5.74) is 4.69. The lowest BCUT2D eigenvalue weighted by Crippen LogP contribution is -2.36. The Morgan fingerprint density at radius 2 is 2.00 bits per heavy atom. The van der Waals surface area contributed by atoms with E-state index in [1.54, 1.807) is 11.1 Å². The van der Waals surface area contributed by atoms with Crippen LogP contribution in [0, 0.1) is 0 Å². The largest absolute Gasteiger partial charge is 0.393 e. The summed E-state index contributed by atoms with van der Waals surface area (Å²) < 4.78 is 0. The smallest absolute Gasteiger partial charge is 0.0564 e. The molecule has 0 spiro atoms. The van der Waals surface area contributed by atoms with Crippen LogP contribution >= 0.6 is 0 Å². The molecule has 1 aliphatic carbocycles. The summed E-state index contributed by atoms with van der Waals surface area (Å²) in [6.07, 6.45) is 11.8. The number of piperidine rings is 1. The fourth-order valence-corrected chi connectivity index (χ4v) is 3.54. The molecule has 0 atom stereocenters. The quantitative estimate of drug-likeness (QED) is 0.874. The second kappa shape index (κ2) is 6.10. The molecule has 3 heteroatoms. The van der Waals surface area contributed by atoms with E-state index in [1.165, 1.54) is 50.8 Å². The molecule has 1 fully saturated rings. The van der Waals surface area contributed by atoms with E-state index < -0.39 is 0 Å². The second-order valence-corrected chi connectivity index (χ2v) is 6.15. The molecule has 3 rings (SSSR count). The minimum Gasteiger partial charge on any atom is -0.393 e. The lowest BCUT2D eigenvalue weighted by Gasteiger charge is -2.29. The van der Waals surface area contributed by atoms with Gasteiger partial charge in [0.25, 0.3) is 0 Å². The number of aliphatic hydroxyl groups is 1. The van der Waals surface area contributed by atoms with Crippen LogP contribution in [0.4, 0.5) is 0 Å². The molecule has 2 N–H and O–H groups in total. The Hall–Kier alpha value is -0.800. The zero-order valence-electron chi connectivity index (χ0n) is 11.8. The third-order valence-electron chi connectivity index (χ3n) is 4.75. The van der Waals surface area contributed by atoms with Crippen LogP contribution in [-0.2, 0) is 19.3 Å². The van der Waals surface area contributed by atoms with Crippen LogP contribution in [0.25, 0.3) is 0 Å². The van der Waals surface area contributed by atoms with E-state index in [0.717, 1.165) is 25.9 Å². The molecule has 0 saturated carbocycles. The van der Waals surface area contributed by atoms with E-state index in [1.807, 2.05) is 0 Å². The van der Waals surface area contributed by atoms with Crippen molar-refractivity contribution in [1.29, 1.82) is 0 Å². The number of aromatic amines is 1. The zero-order valence-corrected chi connectivity index (χ0v) is 11.8. The average molecular weight is 262 g/mol. The van der Waals surface area contributed by atoms with Crippen molar-refractivity contribution in [3.63, 3.8) is 0 Å². The van der Waals surface area contributed by atoms with Gasteiger partial charge in [-0.1, -0.05) is 0 Å². The maximum Gasteiger partial charge on any atom is 0.0564 e. The molecule has 1 aromatic heterocycles. The summed E-state index contributed by atoms with van der Waals surface area (Å²) in [7, 11) is 0. The lowest BCUT2D eigenvalue weighted by atomic mass is 9.93. The highest BCUT2D eigenvalue weighted by Crippen LogP contribution is 2.24. The van der Waals surface area contributed by atoms with E-state index in [0.29, 0.717) is 0 Å². The van der Waals surface area contributed by atoms with Gasteiger partial charge in [-0.05, 0) is 69.0 Å². The highest BCUT2D eigenvalue weighted by Gasteiger charge is 2.17. The number of rotatable bonds is 4. The van der Waals surface area contributed by atoms with Gasteiger partial charge < -0.3 is 15.0 Å². The zero-order chi connectivity index (χ0) is 13.1. The van der Waals surface area contributed by atoms with Crippen molar-refractivity contribution < 1.29 is 5.11 Å². The van der Waals surface area contributed by atoms with Gasteiger partial charge in [0, 0.05) is 25.0 Å². The van der Waals surface area contributed by atoms with Crippen molar-refractivity contribution in [2.45, 2.75) is 57.5 Å². The van der Waals surface area contributed by atoms with Crippen molar-refractivity contribution >= 4 is 0 Å². The maximum atomic E-state index is 9.50. The van der Waals surface area contributed by atoms with Crippen LogP contribution in [0.15, 0.2) is 6.20 Å². The van der Waals surface area contributed by atoms with Crippen LogP contribution in [-0.4, -0.2) is 40.7 Å². The first-order valence-electron chi connectivity index (χ1n) is 7.91. The molecular weight excluding hydrogens is 236 g/mol. The molecule has 0 amide bonds. The standard InChI is InChI=1S/C16H26N2O/c19-14-7-10-18(11-8-14)9-3-4-13-12-17-16-6-2-1-5-15(13)16/h12,14,17,19H,1-11H2. The Kier molecular flexibility index (Phi) is 4.24. The van der Waals surface area contributed by atoms with Gasteiger partial charge >= 0.3 is 0 Å². The molecule has 19 heavy (non-hydrogen) atoms. The minimum absolute atomic E-state index is 0.0482. The van der Waals surface area contributed by atoms with E-state index in [2.05, 4.69) is 16.1 Å². The average Bonchev–Trinajstić information content (AvgIpc) is 2.85. The molecule has 3 nitrogen and oxygen atoms in total. The van der Waals surface area contributed by atoms with Crippen LogP contribution < -0.4 is 0 Å². The molecule has 0 bridgehead atoms. The third-order valence-corrected chi connectivity index (χ3v) is 4.75. The number of likely N-dealkylation sites (tertiary alicyclic amines) is 1. The fraction of sp³-hybridized carbons (Fsp3) is 0.750. The van der Waals surface area contributed by atoms with Gasteiger partial charge in [0.05, 0.1) is 6.10 Å². The highest BCUT2D eigenvalue weighted by atomic mass is 16.3.